The van der Waals surface area contributed by atoms with Crippen LogP contribution in [0, 0.1) is 5.82 Å². The second kappa shape index (κ2) is 5.60. The minimum atomic E-state index is -1.63. The Hall–Kier alpha value is -0.945. The Morgan fingerprint density at radius 1 is 1.24 bits per heavy atom. The molecule has 1 heterocycles. The monoisotopic (exact) mass is 239 g/mol. The van der Waals surface area contributed by atoms with Crippen molar-refractivity contribution in [2.75, 3.05) is 26.3 Å². The van der Waals surface area contributed by atoms with E-state index in [1.54, 1.807) is 6.07 Å². The highest BCUT2D eigenvalue weighted by Crippen LogP contribution is 2.08. The largest absolute Gasteiger partial charge is 0.488 e. The second-order valence-corrected chi connectivity index (χ2v) is 4.16. The SMILES string of the molecule is OB(O)c1cc(F)cc(CN2CCOCC2)c1. The maximum atomic E-state index is 13.3. The van der Waals surface area contributed by atoms with Crippen molar-refractivity contribution in [3.63, 3.8) is 0 Å². The van der Waals surface area contributed by atoms with Crippen LogP contribution in [0.15, 0.2) is 18.2 Å². The first kappa shape index (κ1) is 12.5. The number of morpholine rings is 1. The van der Waals surface area contributed by atoms with Gasteiger partial charge in [-0.15, -0.1) is 0 Å². The molecular weight excluding hydrogens is 224 g/mol. The molecule has 2 N–H and O–H groups in total. The molecule has 1 aromatic carbocycles. The Bertz CT molecular complexity index is 383. The van der Waals surface area contributed by atoms with Crippen molar-refractivity contribution in [2.24, 2.45) is 0 Å². The third-order valence-corrected chi connectivity index (χ3v) is 2.79. The summed E-state index contributed by atoms with van der Waals surface area (Å²) in [5.41, 5.74) is 0.934. The molecule has 0 amide bonds. The molecule has 0 aliphatic carbocycles. The van der Waals surface area contributed by atoms with Crippen molar-refractivity contribution in [1.29, 1.82) is 0 Å². The Kier molecular flexibility index (Phi) is 4.12. The normalized spacial score (nSPS) is 17.1. The van der Waals surface area contributed by atoms with Gasteiger partial charge in [0.25, 0.3) is 0 Å². The Balaban J connectivity index is 2.09. The fourth-order valence-electron chi connectivity index (χ4n) is 1.93. The molecule has 1 aromatic rings. The Morgan fingerprint density at radius 2 is 1.94 bits per heavy atom. The molecule has 2 rings (SSSR count). The van der Waals surface area contributed by atoms with Crippen molar-refractivity contribution >= 4 is 12.6 Å². The summed E-state index contributed by atoms with van der Waals surface area (Å²) in [6.45, 7) is 3.59. The molecule has 1 aliphatic rings. The molecule has 0 bridgehead atoms. The number of benzene rings is 1. The zero-order valence-corrected chi connectivity index (χ0v) is 9.47. The van der Waals surface area contributed by atoms with E-state index >= 15 is 0 Å². The van der Waals surface area contributed by atoms with E-state index < -0.39 is 12.9 Å². The van der Waals surface area contributed by atoms with Crippen molar-refractivity contribution < 1.29 is 19.2 Å². The third kappa shape index (κ3) is 3.51. The first-order valence-corrected chi connectivity index (χ1v) is 5.61. The van der Waals surface area contributed by atoms with Crippen LogP contribution in [0.25, 0.3) is 0 Å². The van der Waals surface area contributed by atoms with E-state index in [-0.39, 0.29) is 5.46 Å². The predicted molar refractivity (Wildman–Crippen MR) is 62.3 cm³/mol. The molecule has 0 atom stereocenters. The van der Waals surface area contributed by atoms with Crippen LogP contribution in [0.1, 0.15) is 5.56 Å². The minimum absolute atomic E-state index is 0.188. The van der Waals surface area contributed by atoms with Crippen LogP contribution in [0.3, 0.4) is 0 Å². The maximum Gasteiger partial charge on any atom is 0.488 e. The number of nitrogens with zero attached hydrogens (tertiary/aromatic N) is 1. The lowest BCUT2D eigenvalue weighted by Crippen LogP contribution is -2.36. The number of ether oxygens (including phenoxy) is 1. The Morgan fingerprint density at radius 3 is 2.59 bits per heavy atom. The summed E-state index contributed by atoms with van der Waals surface area (Å²) >= 11 is 0. The molecule has 1 aliphatic heterocycles. The van der Waals surface area contributed by atoms with Gasteiger partial charge in [-0.05, 0) is 23.2 Å². The van der Waals surface area contributed by atoms with Gasteiger partial charge in [0.15, 0.2) is 0 Å². The van der Waals surface area contributed by atoms with Crippen molar-refractivity contribution in [2.45, 2.75) is 6.54 Å². The van der Waals surface area contributed by atoms with Crippen LogP contribution in [-0.4, -0.2) is 48.4 Å². The molecule has 0 aromatic heterocycles. The number of rotatable bonds is 3. The molecule has 0 saturated carbocycles. The zero-order valence-electron chi connectivity index (χ0n) is 9.47. The fourth-order valence-corrected chi connectivity index (χ4v) is 1.93. The first-order chi connectivity index (χ1) is 8.15. The highest BCUT2D eigenvalue weighted by Gasteiger charge is 2.15. The van der Waals surface area contributed by atoms with Crippen LogP contribution in [0.2, 0.25) is 0 Å². The van der Waals surface area contributed by atoms with Crippen LogP contribution >= 0.6 is 0 Å². The van der Waals surface area contributed by atoms with Gasteiger partial charge in [-0.1, -0.05) is 6.07 Å². The number of halogens is 1. The van der Waals surface area contributed by atoms with Gasteiger partial charge in [-0.3, -0.25) is 4.90 Å². The van der Waals surface area contributed by atoms with Crippen molar-refractivity contribution in [1.82, 2.24) is 4.90 Å². The molecule has 17 heavy (non-hydrogen) atoms. The topological polar surface area (TPSA) is 52.9 Å². The summed E-state index contributed by atoms with van der Waals surface area (Å²) in [5.74, 6) is -0.446. The van der Waals surface area contributed by atoms with Crippen LogP contribution in [0.5, 0.6) is 0 Å². The molecule has 1 fully saturated rings. The van der Waals surface area contributed by atoms with E-state index in [9.17, 15) is 4.39 Å². The summed E-state index contributed by atoms with van der Waals surface area (Å²) in [7, 11) is -1.63. The van der Waals surface area contributed by atoms with Gasteiger partial charge in [0.1, 0.15) is 5.82 Å². The van der Waals surface area contributed by atoms with E-state index in [0.717, 1.165) is 24.7 Å². The molecular formula is C11H15BFNO3. The fraction of sp³-hybridized carbons (Fsp3) is 0.455. The summed E-state index contributed by atoms with van der Waals surface area (Å²) in [6.07, 6.45) is 0. The predicted octanol–water partition coefficient (Wildman–Crippen LogP) is -0.662. The first-order valence-electron chi connectivity index (χ1n) is 5.61. The average molecular weight is 239 g/mol. The highest BCUT2D eigenvalue weighted by molar-refractivity contribution is 6.58. The summed E-state index contributed by atoms with van der Waals surface area (Å²) in [6, 6.07) is 4.16. The van der Waals surface area contributed by atoms with Crippen LogP contribution in [0.4, 0.5) is 4.39 Å². The van der Waals surface area contributed by atoms with Gasteiger partial charge in [0.05, 0.1) is 13.2 Å². The summed E-state index contributed by atoms with van der Waals surface area (Å²) in [4.78, 5) is 2.14. The maximum absolute atomic E-state index is 13.3. The van der Waals surface area contributed by atoms with E-state index in [2.05, 4.69) is 4.90 Å². The number of hydrogen-bond donors (Lipinski definition) is 2. The molecule has 0 unspecified atom stereocenters. The summed E-state index contributed by atoms with van der Waals surface area (Å²) in [5, 5.41) is 18.1. The van der Waals surface area contributed by atoms with E-state index in [0.29, 0.717) is 19.8 Å². The van der Waals surface area contributed by atoms with Gasteiger partial charge in [-0.25, -0.2) is 4.39 Å². The smallest absolute Gasteiger partial charge is 0.423 e. The van der Waals surface area contributed by atoms with Crippen molar-refractivity contribution in [3.05, 3.63) is 29.6 Å². The van der Waals surface area contributed by atoms with Gasteiger partial charge >= 0.3 is 7.12 Å². The van der Waals surface area contributed by atoms with E-state index in [1.807, 2.05) is 0 Å². The second-order valence-electron chi connectivity index (χ2n) is 4.16. The molecule has 92 valence electrons. The quantitative estimate of drug-likeness (QED) is 0.687. The molecule has 1 saturated heterocycles. The van der Waals surface area contributed by atoms with Gasteiger partial charge in [0, 0.05) is 19.6 Å². The Labute approximate surface area is 99.8 Å². The lowest BCUT2D eigenvalue weighted by atomic mass is 9.79. The van der Waals surface area contributed by atoms with Crippen molar-refractivity contribution in [3.8, 4) is 0 Å². The highest BCUT2D eigenvalue weighted by atomic mass is 19.1. The average Bonchev–Trinajstić information content (AvgIpc) is 2.29. The van der Waals surface area contributed by atoms with E-state index in [1.165, 1.54) is 6.07 Å². The standard InChI is InChI=1S/C11H15BFNO3/c13-11-6-9(5-10(7-11)12(15)16)8-14-1-3-17-4-2-14/h5-7,15-16H,1-4,8H2. The lowest BCUT2D eigenvalue weighted by molar-refractivity contribution is 0.0341. The number of hydrogen-bond acceptors (Lipinski definition) is 4. The van der Waals surface area contributed by atoms with Crippen LogP contribution < -0.4 is 5.46 Å². The van der Waals surface area contributed by atoms with Gasteiger partial charge < -0.3 is 14.8 Å². The van der Waals surface area contributed by atoms with E-state index in [4.69, 9.17) is 14.8 Å². The third-order valence-electron chi connectivity index (χ3n) is 2.79. The van der Waals surface area contributed by atoms with Gasteiger partial charge in [-0.2, -0.15) is 0 Å². The van der Waals surface area contributed by atoms with Gasteiger partial charge in [0.2, 0.25) is 0 Å². The molecule has 4 nitrogen and oxygen atoms in total. The lowest BCUT2D eigenvalue weighted by Gasteiger charge is -2.26. The molecule has 0 radical (unpaired) electrons. The molecule has 0 spiro atoms. The van der Waals surface area contributed by atoms with Crippen LogP contribution in [-0.2, 0) is 11.3 Å². The minimum Gasteiger partial charge on any atom is -0.423 e. The summed E-state index contributed by atoms with van der Waals surface area (Å²) < 4.78 is 18.5. The zero-order chi connectivity index (χ0) is 12.3. The molecule has 6 heteroatoms.